The average molecular weight is 230 g/mol. The molecule has 0 aliphatic rings. The van der Waals surface area contributed by atoms with Gasteiger partial charge in [-0.15, -0.1) is 0 Å². The van der Waals surface area contributed by atoms with Gasteiger partial charge in [0.1, 0.15) is 0 Å². The van der Waals surface area contributed by atoms with E-state index in [1.54, 1.807) is 5.38 Å². The molecule has 0 radical (unpaired) electrons. The number of carbonyl (C=O) groups is 1. The fourth-order valence-electron chi connectivity index (χ4n) is 1.01. The Morgan fingerprint density at radius 1 is 1.80 bits per heavy atom. The summed E-state index contributed by atoms with van der Waals surface area (Å²) in [6, 6.07) is 0.820. The Kier molecular flexibility index (Phi) is 3.75. The highest BCUT2D eigenvalue weighted by Gasteiger charge is 2.17. The number of nitrogens with two attached hydrogens (primary N) is 1. The minimum Gasteiger partial charge on any atom is -0.469 e. The van der Waals surface area contributed by atoms with Gasteiger partial charge in [-0.25, -0.2) is 0 Å². The fraction of sp³-hybridized carbons (Fsp3) is 0.375. The Morgan fingerprint density at radius 3 is 2.93 bits per heavy atom. The number of rotatable bonds is 4. The lowest BCUT2D eigenvalue weighted by molar-refractivity contribution is -0.380. The van der Waals surface area contributed by atoms with Crippen LogP contribution in [0.4, 0.5) is 5.00 Å². The first kappa shape index (κ1) is 11.6. The first-order valence-corrected chi connectivity index (χ1v) is 4.97. The third-order valence-corrected chi connectivity index (χ3v) is 2.73. The van der Waals surface area contributed by atoms with Crippen LogP contribution in [-0.2, 0) is 9.53 Å². The number of nitro groups is 1. The van der Waals surface area contributed by atoms with Gasteiger partial charge in [0.2, 0.25) is 0 Å². The van der Waals surface area contributed by atoms with E-state index in [2.05, 4.69) is 4.74 Å². The third-order valence-electron chi connectivity index (χ3n) is 1.83. The van der Waals surface area contributed by atoms with Crippen LogP contribution >= 0.6 is 11.3 Å². The zero-order valence-corrected chi connectivity index (χ0v) is 8.82. The van der Waals surface area contributed by atoms with Gasteiger partial charge < -0.3 is 10.5 Å². The minimum atomic E-state index is -0.553. The van der Waals surface area contributed by atoms with Gasteiger partial charge in [0, 0.05) is 17.5 Å². The quantitative estimate of drug-likeness (QED) is 0.476. The Balaban J connectivity index is 2.69. The van der Waals surface area contributed by atoms with Gasteiger partial charge in [-0.1, -0.05) is 11.3 Å². The SMILES string of the molecule is COC(=O)C[C@H](N)c1csc([N+](=O)[O-])c1. The first-order valence-electron chi connectivity index (χ1n) is 4.09. The van der Waals surface area contributed by atoms with E-state index in [-0.39, 0.29) is 11.4 Å². The molecule has 0 fully saturated rings. The van der Waals surface area contributed by atoms with Crippen molar-refractivity contribution < 1.29 is 14.5 Å². The summed E-state index contributed by atoms with van der Waals surface area (Å²) in [4.78, 5) is 20.8. The van der Waals surface area contributed by atoms with E-state index in [1.807, 2.05) is 0 Å². The van der Waals surface area contributed by atoms with Gasteiger partial charge in [-0.05, 0) is 5.56 Å². The standard InChI is InChI=1S/C8H10N2O4S/c1-14-8(11)3-6(9)5-2-7(10(12)13)15-4-5/h2,4,6H,3,9H2,1H3/t6-/m0/s1. The number of methoxy groups -OCH3 is 1. The Morgan fingerprint density at radius 2 is 2.47 bits per heavy atom. The molecule has 15 heavy (non-hydrogen) atoms. The molecule has 0 bridgehead atoms. The van der Waals surface area contributed by atoms with Gasteiger partial charge in [-0.2, -0.15) is 0 Å². The molecule has 0 unspecified atom stereocenters. The zero-order chi connectivity index (χ0) is 11.4. The molecule has 6 nitrogen and oxygen atoms in total. The van der Waals surface area contributed by atoms with Crippen molar-refractivity contribution >= 4 is 22.3 Å². The topological polar surface area (TPSA) is 95.5 Å². The largest absolute Gasteiger partial charge is 0.469 e. The Hall–Kier alpha value is -1.47. The van der Waals surface area contributed by atoms with Crippen molar-refractivity contribution in [2.24, 2.45) is 5.73 Å². The third kappa shape index (κ3) is 3.00. The second kappa shape index (κ2) is 4.85. The second-order valence-corrected chi connectivity index (χ2v) is 3.75. The zero-order valence-electron chi connectivity index (χ0n) is 8.00. The van der Waals surface area contributed by atoms with Crippen LogP contribution in [0.1, 0.15) is 18.0 Å². The molecule has 0 saturated heterocycles. The van der Waals surface area contributed by atoms with Gasteiger partial charge in [-0.3, -0.25) is 14.9 Å². The van der Waals surface area contributed by atoms with E-state index in [0.717, 1.165) is 11.3 Å². The van der Waals surface area contributed by atoms with E-state index < -0.39 is 16.9 Å². The van der Waals surface area contributed by atoms with Crippen LogP contribution in [-0.4, -0.2) is 18.0 Å². The van der Waals surface area contributed by atoms with Crippen LogP contribution in [0.25, 0.3) is 0 Å². The molecule has 0 aliphatic heterocycles. The van der Waals surface area contributed by atoms with Crippen LogP contribution in [0.15, 0.2) is 11.4 Å². The molecule has 0 spiro atoms. The van der Waals surface area contributed by atoms with Crippen molar-refractivity contribution in [3.63, 3.8) is 0 Å². The highest BCUT2D eigenvalue weighted by atomic mass is 32.1. The molecule has 0 saturated carbocycles. The Labute approximate surface area is 89.8 Å². The molecule has 2 N–H and O–H groups in total. The Bertz CT molecular complexity index is 376. The summed E-state index contributed by atoms with van der Waals surface area (Å²) in [6.45, 7) is 0. The maximum Gasteiger partial charge on any atom is 0.324 e. The minimum absolute atomic E-state index is 0.0182. The number of carbonyl (C=O) groups excluding carboxylic acids is 1. The predicted molar refractivity (Wildman–Crippen MR) is 54.5 cm³/mol. The summed E-state index contributed by atoms with van der Waals surface area (Å²) >= 11 is 0.989. The van der Waals surface area contributed by atoms with Crippen molar-refractivity contribution in [1.82, 2.24) is 0 Å². The second-order valence-electron chi connectivity index (χ2n) is 2.86. The molecule has 7 heteroatoms. The summed E-state index contributed by atoms with van der Waals surface area (Å²) in [7, 11) is 1.27. The summed E-state index contributed by atoms with van der Waals surface area (Å²) in [6.07, 6.45) is 0.0182. The van der Waals surface area contributed by atoms with Crippen molar-refractivity contribution in [3.05, 3.63) is 27.1 Å². The van der Waals surface area contributed by atoms with Gasteiger partial charge in [0.15, 0.2) is 0 Å². The molecule has 1 aromatic rings. The van der Waals surface area contributed by atoms with E-state index >= 15 is 0 Å². The van der Waals surface area contributed by atoms with Gasteiger partial charge >= 0.3 is 11.0 Å². The van der Waals surface area contributed by atoms with E-state index in [9.17, 15) is 14.9 Å². The molecule has 1 aromatic heterocycles. The molecule has 1 rings (SSSR count). The normalized spacial score (nSPS) is 12.1. The van der Waals surface area contributed by atoms with E-state index in [0.29, 0.717) is 5.56 Å². The van der Waals surface area contributed by atoms with Crippen LogP contribution in [0.5, 0.6) is 0 Å². The average Bonchev–Trinajstić information content (AvgIpc) is 2.66. The van der Waals surface area contributed by atoms with Crippen molar-refractivity contribution in [1.29, 1.82) is 0 Å². The van der Waals surface area contributed by atoms with E-state index in [1.165, 1.54) is 13.2 Å². The van der Waals surface area contributed by atoms with Crippen molar-refractivity contribution in [3.8, 4) is 0 Å². The number of esters is 1. The smallest absolute Gasteiger partial charge is 0.324 e. The maximum absolute atomic E-state index is 10.9. The summed E-state index contributed by atoms with van der Waals surface area (Å²) < 4.78 is 4.45. The van der Waals surface area contributed by atoms with Gasteiger partial charge in [0.25, 0.3) is 0 Å². The number of hydrogen-bond donors (Lipinski definition) is 1. The lowest BCUT2D eigenvalue weighted by atomic mass is 10.1. The molecule has 0 aromatic carbocycles. The monoisotopic (exact) mass is 230 g/mol. The van der Waals surface area contributed by atoms with Gasteiger partial charge in [0.05, 0.1) is 18.5 Å². The maximum atomic E-state index is 10.9. The number of ether oxygens (including phenoxy) is 1. The van der Waals surface area contributed by atoms with Crippen LogP contribution < -0.4 is 5.73 Å². The molecule has 0 amide bonds. The van der Waals surface area contributed by atoms with E-state index in [4.69, 9.17) is 5.73 Å². The number of nitrogens with zero attached hydrogens (tertiary/aromatic N) is 1. The predicted octanol–water partition coefficient (Wildman–Crippen LogP) is 1.22. The molecule has 1 heterocycles. The van der Waals surface area contributed by atoms with Crippen LogP contribution in [0.2, 0.25) is 0 Å². The van der Waals surface area contributed by atoms with Crippen LogP contribution in [0.3, 0.4) is 0 Å². The molecule has 0 aliphatic carbocycles. The lowest BCUT2D eigenvalue weighted by Crippen LogP contribution is -2.15. The fourth-order valence-corrected chi connectivity index (χ4v) is 1.80. The van der Waals surface area contributed by atoms with Crippen molar-refractivity contribution in [2.45, 2.75) is 12.5 Å². The highest BCUT2D eigenvalue weighted by molar-refractivity contribution is 7.13. The highest BCUT2D eigenvalue weighted by Crippen LogP contribution is 2.27. The number of hydrogen-bond acceptors (Lipinski definition) is 6. The molecular weight excluding hydrogens is 220 g/mol. The molecule has 82 valence electrons. The summed E-state index contributed by atoms with van der Waals surface area (Å²) in [5.74, 6) is -0.434. The summed E-state index contributed by atoms with van der Waals surface area (Å²) in [5, 5.41) is 12.0. The summed E-state index contributed by atoms with van der Waals surface area (Å²) in [5.41, 5.74) is 6.25. The molecular formula is C8H10N2O4S. The van der Waals surface area contributed by atoms with Crippen LogP contribution in [0, 0.1) is 10.1 Å². The lowest BCUT2D eigenvalue weighted by Gasteiger charge is -2.06. The molecule has 1 atom stereocenters. The van der Waals surface area contributed by atoms with Crippen molar-refractivity contribution in [2.75, 3.05) is 7.11 Å². The first-order chi connectivity index (χ1) is 7.04. The number of thiophene rings is 1.